The van der Waals surface area contributed by atoms with Crippen molar-refractivity contribution in [2.24, 2.45) is 5.73 Å². The number of hydrogen-bond acceptors (Lipinski definition) is 2. The third-order valence-electron chi connectivity index (χ3n) is 2.61. The molecule has 1 atom stereocenters. The molecular weight excluding hydrogens is 243 g/mol. The van der Waals surface area contributed by atoms with E-state index in [1.807, 2.05) is 0 Å². The molecule has 0 saturated carbocycles. The van der Waals surface area contributed by atoms with E-state index >= 15 is 0 Å². The number of hydrogen-bond donors (Lipinski definition) is 1. The summed E-state index contributed by atoms with van der Waals surface area (Å²) in [5.41, 5.74) is 5.14. The van der Waals surface area contributed by atoms with Crippen molar-refractivity contribution in [2.45, 2.75) is 38.4 Å². The molecule has 1 aromatic carbocycles. The average Bonchev–Trinajstić information content (AvgIpc) is 2.33. The minimum absolute atomic E-state index is 0.0448. The number of ether oxygens (including phenoxy) is 1. The molecule has 0 aliphatic rings. The topological polar surface area (TPSA) is 35.2 Å². The largest absolute Gasteiger partial charge is 0.494 e. The van der Waals surface area contributed by atoms with E-state index in [9.17, 15) is 13.2 Å². The molecule has 0 aliphatic heterocycles. The highest BCUT2D eigenvalue weighted by Gasteiger charge is 2.37. The quantitative estimate of drug-likeness (QED) is 0.790. The van der Waals surface area contributed by atoms with Gasteiger partial charge < -0.3 is 10.5 Å². The first-order valence-electron chi connectivity index (χ1n) is 6.00. The van der Waals surface area contributed by atoms with Gasteiger partial charge in [-0.25, -0.2) is 0 Å². The number of benzene rings is 1. The summed E-state index contributed by atoms with van der Waals surface area (Å²) >= 11 is 0. The Morgan fingerprint density at radius 3 is 2.28 bits per heavy atom. The lowest BCUT2D eigenvalue weighted by molar-refractivity contribution is -0.149. The molecule has 0 amide bonds. The lowest BCUT2D eigenvalue weighted by Crippen LogP contribution is -2.28. The summed E-state index contributed by atoms with van der Waals surface area (Å²) in [5.74, 6) is 0.573. The molecule has 1 aromatic rings. The van der Waals surface area contributed by atoms with Crippen LogP contribution in [-0.4, -0.2) is 12.8 Å². The van der Waals surface area contributed by atoms with E-state index in [4.69, 9.17) is 10.5 Å². The van der Waals surface area contributed by atoms with Crippen LogP contribution >= 0.6 is 0 Å². The fourth-order valence-electron chi connectivity index (χ4n) is 1.50. The van der Waals surface area contributed by atoms with Crippen LogP contribution < -0.4 is 10.5 Å². The van der Waals surface area contributed by atoms with Gasteiger partial charge in [0.2, 0.25) is 0 Å². The highest BCUT2D eigenvalue weighted by molar-refractivity contribution is 5.29. The van der Waals surface area contributed by atoms with Crippen LogP contribution in [0.2, 0.25) is 0 Å². The summed E-state index contributed by atoms with van der Waals surface area (Å²) in [6.45, 7) is 2.67. The fraction of sp³-hybridized carbons (Fsp3) is 0.538. The van der Waals surface area contributed by atoms with E-state index in [2.05, 4.69) is 6.92 Å². The minimum atomic E-state index is -4.41. The highest BCUT2D eigenvalue weighted by Crippen LogP contribution is 2.31. The standard InChI is InChI=1S/C13H18F3NO/c1-2-3-4-9-18-11-7-5-10(6-8-11)12(17)13(14,15)16/h5-8,12H,2-4,9,17H2,1H3/t12-/m0/s1. The van der Waals surface area contributed by atoms with Gasteiger partial charge in [0, 0.05) is 0 Å². The summed E-state index contributed by atoms with van der Waals surface area (Å²) in [7, 11) is 0. The van der Waals surface area contributed by atoms with E-state index in [0.717, 1.165) is 19.3 Å². The van der Waals surface area contributed by atoms with Crippen molar-refractivity contribution < 1.29 is 17.9 Å². The van der Waals surface area contributed by atoms with Crippen molar-refractivity contribution in [3.63, 3.8) is 0 Å². The van der Waals surface area contributed by atoms with E-state index in [0.29, 0.717) is 12.4 Å². The molecule has 18 heavy (non-hydrogen) atoms. The van der Waals surface area contributed by atoms with Gasteiger partial charge in [-0.05, 0) is 24.1 Å². The van der Waals surface area contributed by atoms with Crippen LogP contribution in [0.15, 0.2) is 24.3 Å². The smallest absolute Gasteiger partial charge is 0.407 e. The molecule has 0 saturated heterocycles. The maximum absolute atomic E-state index is 12.4. The van der Waals surface area contributed by atoms with E-state index in [-0.39, 0.29) is 5.56 Å². The van der Waals surface area contributed by atoms with Gasteiger partial charge in [0.1, 0.15) is 11.8 Å². The van der Waals surface area contributed by atoms with Crippen LogP contribution in [0.25, 0.3) is 0 Å². The zero-order valence-electron chi connectivity index (χ0n) is 10.3. The van der Waals surface area contributed by atoms with Gasteiger partial charge >= 0.3 is 6.18 Å². The molecule has 0 aromatic heterocycles. The Morgan fingerprint density at radius 1 is 1.17 bits per heavy atom. The van der Waals surface area contributed by atoms with Gasteiger partial charge in [0.25, 0.3) is 0 Å². The summed E-state index contributed by atoms with van der Waals surface area (Å²) in [5, 5.41) is 0. The van der Waals surface area contributed by atoms with Gasteiger partial charge in [-0.15, -0.1) is 0 Å². The molecule has 5 heteroatoms. The summed E-state index contributed by atoms with van der Waals surface area (Å²) in [6, 6.07) is 3.81. The molecule has 0 radical (unpaired) electrons. The third-order valence-corrected chi connectivity index (χ3v) is 2.61. The first kappa shape index (κ1) is 14.8. The molecule has 2 nitrogen and oxygen atoms in total. The van der Waals surface area contributed by atoms with Crippen LogP contribution in [0.1, 0.15) is 37.8 Å². The maximum atomic E-state index is 12.4. The monoisotopic (exact) mass is 261 g/mol. The van der Waals surface area contributed by atoms with E-state index < -0.39 is 12.2 Å². The Hall–Kier alpha value is -1.23. The maximum Gasteiger partial charge on any atom is 0.407 e. The van der Waals surface area contributed by atoms with Gasteiger partial charge in [-0.3, -0.25) is 0 Å². The van der Waals surface area contributed by atoms with Crippen LogP contribution in [-0.2, 0) is 0 Å². The van der Waals surface area contributed by atoms with Gasteiger partial charge in [-0.1, -0.05) is 31.9 Å². The van der Waals surface area contributed by atoms with Crippen LogP contribution in [0.3, 0.4) is 0 Å². The normalized spacial score (nSPS) is 13.4. The molecule has 1 rings (SSSR count). The molecule has 2 N–H and O–H groups in total. The Kier molecular flexibility index (Phi) is 5.47. The molecule has 0 spiro atoms. The number of alkyl halides is 3. The molecule has 102 valence electrons. The average molecular weight is 261 g/mol. The number of halogens is 3. The molecule has 0 heterocycles. The van der Waals surface area contributed by atoms with E-state index in [1.54, 1.807) is 0 Å². The van der Waals surface area contributed by atoms with Crippen LogP contribution in [0.4, 0.5) is 13.2 Å². The fourth-order valence-corrected chi connectivity index (χ4v) is 1.50. The third kappa shape index (κ3) is 4.56. The summed E-state index contributed by atoms with van der Waals surface area (Å²) in [6.07, 6.45) is -1.29. The van der Waals surface area contributed by atoms with E-state index in [1.165, 1.54) is 24.3 Å². The van der Waals surface area contributed by atoms with Gasteiger partial charge in [-0.2, -0.15) is 13.2 Å². The summed E-state index contributed by atoms with van der Waals surface area (Å²) in [4.78, 5) is 0. The Labute approximate surface area is 105 Å². The number of nitrogens with two attached hydrogens (primary N) is 1. The Balaban J connectivity index is 2.52. The predicted octanol–water partition coefficient (Wildman–Crippen LogP) is 3.82. The zero-order valence-corrected chi connectivity index (χ0v) is 10.3. The lowest BCUT2D eigenvalue weighted by Gasteiger charge is -2.16. The minimum Gasteiger partial charge on any atom is -0.494 e. The summed E-state index contributed by atoms with van der Waals surface area (Å²) < 4.78 is 42.5. The zero-order chi connectivity index (χ0) is 13.6. The highest BCUT2D eigenvalue weighted by atomic mass is 19.4. The van der Waals surface area contributed by atoms with Gasteiger partial charge in [0.15, 0.2) is 0 Å². The first-order valence-corrected chi connectivity index (χ1v) is 6.00. The Morgan fingerprint density at radius 2 is 1.78 bits per heavy atom. The van der Waals surface area contributed by atoms with Crippen molar-refractivity contribution in [1.29, 1.82) is 0 Å². The van der Waals surface area contributed by atoms with Crippen molar-refractivity contribution in [1.82, 2.24) is 0 Å². The number of unbranched alkanes of at least 4 members (excludes halogenated alkanes) is 2. The predicted molar refractivity (Wildman–Crippen MR) is 64.4 cm³/mol. The Bertz CT molecular complexity index is 348. The lowest BCUT2D eigenvalue weighted by atomic mass is 10.1. The first-order chi connectivity index (χ1) is 8.45. The van der Waals surface area contributed by atoms with Crippen LogP contribution in [0, 0.1) is 0 Å². The molecule has 0 unspecified atom stereocenters. The van der Waals surface area contributed by atoms with Crippen LogP contribution in [0.5, 0.6) is 5.75 Å². The van der Waals surface area contributed by atoms with Crippen molar-refractivity contribution in [2.75, 3.05) is 6.61 Å². The second-order valence-electron chi connectivity index (χ2n) is 4.14. The van der Waals surface area contributed by atoms with Crippen molar-refractivity contribution in [3.05, 3.63) is 29.8 Å². The molecular formula is C13H18F3NO. The second-order valence-corrected chi connectivity index (χ2v) is 4.14. The SMILES string of the molecule is CCCCCOc1ccc([C@H](N)C(F)(F)F)cc1. The molecule has 0 aliphatic carbocycles. The van der Waals surface area contributed by atoms with Crippen molar-refractivity contribution >= 4 is 0 Å². The number of rotatable bonds is 6. The second kappa shape index (κ2) is 6.64. The molecule has 0 fully saturated rings. The molecule has 0 bridgehead atoms. The van der Waals surface area contributed by atoms with Crippen molar-refractivity contribution in [3.8, 4) is 5.75 Å². The van der Waals surface area contributed by atoms with Gasteiger partial charge in [0.05, 0.1) is 6.61 Å².